The molecule has 0 saturated heterocycles. The normalized spacial score (nSPS) is 11.5. The van der Waals surface area contributed by atoms with Crippen molar-refractivity contribution in [1.82, 2.24) is 5.32 Å². The third-order valence-corrected chi connectivity index (χ3v) is 10.7. The summed E-state index contributed by atoms with van der Waals surface area (Å²) in [6.07, 6.45) is 1.62. The molecule has 6 rings (SSSR count). The molecule has 0 aliphatic rings. The summed E-state index contributed by atoms with van der Waals surface area (Å²) in [5.41, 5.74) is 5.02. The second-order valence-corrected chi connectivity index (χ2v) is 14.7. The molecule has 9 nitrogen and oxygen atoms in total. The fourth-order valence-electron chi connectivity index (χ4n) is 5.49. The molecule has 0 fully saturated rings. The van der Waals surface area contributed by atoms with Gasteiger partial charge in [0.25, 0.3) is 17.7 Å². The van der Waals surface area contributed by atoms with E-state index in [0.29, 0.717) is 42.8 Å². The van der Waals surface area contributed by atoms with E-state index >= 15 is 0 Å². The minimum atomic E-state index is -0.610. The van der Waals surface area contributed by atoms with E-state index in [-0.39, 0.29) is 23.1 Å². The van der Waals surface area contributed by atoms with Crippen LogP contribution in [0.4, 0.5) is 16.4 Å². The number of thiophene rings is 1. The molecule has 0 aliphatic carbocycles. The standard InChI is InChI=1S/C44H35N5O4S2/c1-28-37(27-45)44(55-39(28)43(53)46-34-17-10-5-11-18-34)49-40(50)29(2)54-36-20-12-19-35(26-36)47-42(52)38(48-41(51)33-15-8-4-9-16-33)25-30-21-23-32(24-22-30)31-13-6-3-7-14-31/h3-26,29H,1-2H3,(H,46,53)(H,47,52)(H,48,51)(H,49,50)/b38-25+. The molecule has 1 unspecified atom stereocenters. The molecular formula is C44H35N5O4S2. The van der Waals surface area contributed by atoms with Crippen molar-refractivity contribution in [3.63, 3.8) is 0 Å². The number of carbonyl (C=O) groups excluding carboxylic acids is 4. The van der Waals surface area contributed by atoms with Gasteiger partial charge in [0.05, 0.1) is 15.7 Å². The summed E-state index contributed by atoms with van der Waals surface area (Å²) in [5, 5.41) is 20.9. The zero-order chi connectivity index (χ0) is 38.7. The minimum absolute atomic E-state index is 0.0449. The van der Waals surface area contributed by atoms with E-state index in [4.69, 9.17) is 0 Å². The predicted molar refractivity (Wildman–Crippen MR) is 221 cm³/mol. The number of hydrogen-bond acceptors (Lipinski definition) is 7. The molecule has 0 radical (unpaired) electrons. The summed E-state index contributed by atoms with van der Waals surface area (Å²) in [4.78, 5) is 54.3. The van der Waals surface area contributed by atoms with E-state index < -0.39 is 17.1 Å². The first-order chi connectivity index (χ1) is 26.7. The van der Waals surface area contributed by atoms with Crippen LogP contribution in [0.15, 0.2) is 150 Å². The Bertz CT molecular complexity index is 2410. The van der Waals surface area contributed by atoms with Crippen LogP contribution in [-0.2, 0) is 9.59 Å². The Balaban J connectivity index is 1.15. The van der Waals surface area contributed by atoms with Gasteiger partial charge >= 0.3 is 0 Å². The smallest absolute Gasteiger partial charge is 0.272 e. The van der Waals surface area contributed by atoms with Crippen molar-refractivity contribution in [2.24, 2.45) is 0 Å². The minimum Gasteiger partial charge on any atom is -0.321 e. The lowest BCUT2D eigenvalue weighted by Gasteiger charge is -2.14. The topological polar surface area (TPSA) is 140 Å². The van der Waals surface area contributed by atoms with Gasteiger partial charge in [-0.3, -0.25) is 19.2 Å². The number of carbonyl (C=O) groups is 4. The second kappa shape index (κ2) is 17.9. The van der Waals surface area contributed by atoms with Crippen LogP contribution in [0.3, 0.4) is 0 Å². The highest BCUT2D eigenvalue weighted by atomic mass is 32.2. The Morgan fingerprint density at radius 2 is 1.33 bits per heavy atom. The average Bonchev–Trinajstić information content (AvgIpc) is 3.53. The fourth-order valence-corrected chi connectivity index (χ4v) is 7.47. The van der Waals surface area contributed by atoms with E-state index in [1.165, 1.54) is 11.8 Å². The number of anilines is 3. The second-order valence-electron chi connectivity index (χ2n) is 12.3. The molecular weight excluding hydrogens is 727 g/mol. The van der Waals surface area contributed by atoms with Gasteiger partial charge in [-0.1, -0.05) is 97.1 Å². The first kappa shape index (κ1) is 38.0. The Labute approximate surface area is 327 Å². The number of hydrogen-bond donors (Lipinski definition) is 4. The number of nitriles is 1. The van der Waals surface area contributed by atoms with Crippen molar-refractivity contribution < 1.29 is 19.2 Å². The third kappa shape index (κ3) is 9.83. The van der Waals surface area contributed by atoms with Gasteiger partial charge in [-0.2, -0.15) is 5.26 Å². The van der Waals surface area contributed by atoms with Gasteiger partial charge < -0.3 is 21.3 Å². The number of benzene rings is 5. The quantitative estimate of drug-likeness (QED) is 0.0724. The van der Waals surface area contributed by atoms with Crippen molar-refractivity contribution >= 4 is 69.2 Å². The zero-order valence-corrected chi connectivity index (χ0v) is 31.5. The molecule has 1 heterocycles. The maximum Gasteiger partial charge on any atom is 0.272 e. The Morgan fingerprint density at radius 1 is 0.709 bits per heavy atom. The van der Waals surface area contributed by atoms with E-state index in [2.05, 4.69) is 27.3 Å². The average molecular weight is 762 g/mol. The molecule has 0 spiro atoms. The van der Waals surface area contributed by atoms with E-state index in [1.54, 1.807) is 92.7 Å². The van der Waals surface area contributed by atoms with Gasteiger partial charge in [-0.25, -0.2) is 0 Å². The maximum atomic E-state index is 13.7. The lowest BCUT2D eigenvalue weighted by Crippen LogP contribution is -2.30. The van der Waals surface area contributed by atoms with Crippen LogP contribution in [0.25, 0.3) is 17.2 Å². The molecule has 4 N–H and O–H groups in total. The molecule has 0 bridgehead atoms. The summed E-state index contributed by atoms with van der Waals surface area (Å²) >= 11 is 2.30. The van der Waals surface area contributed by atoms with Crippen LogP contribution in [-0.4, -0.2) is 28.9 Å². The number of nitrogens with one attached hydrogen (secondary N) is 4. The Hall–Kier alpha value is -6.74. The molecule has 1 atom stereocenters. The maximum absolute atomic E-state index is 13.7. The van der Waals surface area contributed by atoms with Gasteiger partial charge in [0.1, 0.15) is 16.8 Å². The highest BCUT2D eigenvalue weighted by Gasteiger charge is 2.24. The van der Waals surface area contributed by atoms with E-state index in [0.717, 1.165) is 22.5 Å². The van der Waals surface area contributed by atoms with Crippen molar-refractivity contribution in [1.29, 1.82) is 5.26 Å². The van der Waals surface area contributed by atoms with Gasteiger partial charge in [0, 0.05) is 21.8 Å². The summed E-state index contributed by atoms with van der Waals surface area (Å²) in [7, 11) is 0. The summed E-state index contributed by atoms with van der Waals surface area (Å²) in [6.45, 7) is 3.40. The number of thioether (sulfide) groups is 1. The zero-order valence-electron chi connectivity index (χ0n) is 29.8. The SMILES string of the molecule is Cc1c(C(=O)Nc2ccccc2)sc(NC(=O)C(C)Sc2cccc(NC(=O)/C(=C\c3ccc(-c4ccccc4)cc3)NC(=O)c3ccccc3)c2)c1C#N. The van der Waals surface area contributed by atoms with Crippen molar-refractivity contribution in [3.05, 3.63) is 172 Å². The predicted octanol–water partition coefficient (Wildman–Crippen LogP) is 9.38. The van der Waals surface area contributed by atoms with Gasteiger partial charge in [0.2, 0.25) is 5.91 Å². The van der Waals surface area contributed by atoms with E-state index in [1.807, 2.05) is 66.7 Å². The van der Waals surface area contributed by atoms with Gasteiger partial charge in [0.15, 0.2) is 0 Å². The molecule has 0 aliphatic heterocycles. The van der Waals surface area contributed by atoms with Crippen molar-refractivity contribution in [3.8, 4) is 17.2 Å². The van der Waals surface area contributed by atoms with E-state index in [9.17, 15) is 24.4 Å². The summed E-state index contributed by atoms with van der Waals surface area (Å²) in [6, 6.07) is 44.3. The van der Waals surface area contributed by atoms with Crippen LogP contribution in [0.1, 0.15) is 43.6 Å². The Morgan fingerprint density at radius 3 is 2.00 bits per heavy atom. The van der Waals surface area contributed by atoms with Crippen LogP contribution >= 0.6 is 23.1 Å². The van der Waals surface area contributed by atoms with Crippen molar-refractivity contribution in [2.75, 3.05) is 16.0 Å². The lowest BCUT2D eigenvalue weighted by molar-refractivity contribution is -0.115. The van der Waals surface area contributed by atoms with Crippen LogP contribution in [0.5, 0.6) is 0 Å². The molecule has 272 valence electrons. The first-order valence-corrected chi connectivity index (χ1v) is 18.9. The number of para-hydroxylation sites is 1. The highest BCUT2D eigenvalue weighted by Crippen LogP contribution is 2.34. The summed E-state index contributed by atoms with van der Waals surface area (Å²) in [5.74, 6) is -1.70. The van der Waals surface area contributed by atoms with Crippen LogP contribution in [0.2, 0.25) is 0 Å². The van der Waals surface area contributed by atoms with Crippen molar-refractivity contribution in [2.45, 2.75) is 24.0 Å². The molecule has 0 saturated carbocycles. The molecule has 1 aromatic heterocycles. The highest BCUT2D eigenvalue weighted by molar-refractivity contribution is 8.00. The number of nitrogens with zero attached hydrogens (tertiary/aromatic N) is 1. The van der Waals surface area contributed by atoms with Gasteiger partial charge in [-0.15, -0.1) is 23.1 Å². The first-order valence-electron chi connectivity index (χ1n) is 17.2. The fraction of sp³-hybridized carbons (Fsp3) is 0.0682. The molecule has 4 amide bonds. The third-order valence-electron chi connectivity index (χ3n) is 8.36. The largest absolute Gasteiger partial charge is 0.321 e. The molecule has 11 heteroatoms. The number of amides is 4. The molecule has 5 aromatic carbocycles. The van der Waals surface area contributed by atoms with Crippen LogP contribution in [0, 0.1) is 18.3 Å². The molecule has 55 heavy (non-hydrogen) atoms. The number of rotatable bonds is 12. The summed E-state index contributed by atoms with van der Waals surface area (Å²) < 4.78 is 0. The monoisotopic (exact) mass is 761 g/mol. The lowest BCUT2D eigenvalue weighted by atomic mass is 10.0. The van der Waals surface area contributed by atoms with Gasteiger partial charge in [-0.05, 0) is 84.6 Å². The molecule has 6 aromatic rings. The Kier molecular flexibility index (Phi) is 12.3. The van der Waals surface area contributed by atoms with Crippen LogP contribution < -0.4 is 21.3 Å².